The topological polar surface area (TPSA) is 162 Å². The lowest BCUT2D eigenvalue weighted by Gasteiger charge is -2.40. The van der Waals surface area contributed by atoms with Gasteiger partial charge in [-0.1, -0.05) is 27.7 Å². The number of aliphatic hydroxyl groups is 3. The van der Waals surface area contributed by atoms with Gasteiger partial charge in [0, 0.05) is 22.9 Å². The third-order valence-corrected chi connectivity index (χ3v) is 9.81. The Kier molecular flexibility index (Phi) is 8.47. The van der Waals surface area contributed by atoms with Gasteiger partial charge in [-0.15, -0.1) is 0 Å². The van der Waals surface area contributed by atoms with Gasteiger partial charge in [0.15, 0.2) is 5.34 Å². The SMILES string of the molecule is CCC(CC)(CC1OC(c2cc3cc(C)c(F)nc3[nH]c2=O)C(O)C1O)OP(=O)(O)C(O)(CC)CC. The molecule has 0 aromatic carbocycles. The van der Waals surface area contributed by atoms with Gasteiger partial charge in [-0.2, -0.15) is 4.39 Å². The predicted octanol–water partition coefficient (Wildman–Crippen LogP) is 3.19. The van der Waals surface area contributed by atoms with Gasteiger partial charge in [0.05, 0.1) is 11.7 Å². The number of ether oxygens (including phenoxy) is 1. The molecule has 0 aliphatic carbocycles. The highest BCUT2D eigenvalue weighted by Gasteiger charge is 2.52. The molecule has 1 aliphatic rings. The third-order valence-electron chi connectivity index (χ3n) is 7.49. The van der Waals surface area contributed by atoms with Crippen molar-refractivity contribution in [3.63, 3.8) is 0 Å². The summed E-state index contributed by atoms with van der Waals surface area (Å²) in [6.07, 6.45) is -4.67. The quantitative estimate of drug-likeness (QED) is 0.229. The van der Waals surface area contributed by atoms with Crippen molar-refractivity contribution in [3.8, 4) is 0 Å². The molecule has 0 spiro atoms. The first-order valence-corrected chi connectivity index (χ1v) is 13.8. The molecule has 2 aromatic heterocycles. The maximum atomic E-state index is 13.8. The van der Waals surface area contributed by atoms with Crippen molar-refractivity contribution < 1.29 is 38.4 Å². The third kappa shape index (κ3) is 5.15. The highest BCUT2D eigenvalue weighted by molar-refractivity contribution is 7.54. The molecule has 5 unspecified atom stereocenters. The normalized spacial score (nSPS) is 24.8. The molecule has 202 valence electrons. The van der Waals surface area contributed by atoms with Crippen molar-refractivity contribution in [2.75, 3.05) is 0 Å². The van der Waals surface area contributed by atoms with Crippen molar-refractivity contribution >= 4 is 18.6 Å². The van der Waals surface area contributed by atoms with E-state index in [0.717, 1.165) is 0 Å². The van der Waals surface area contributed by atoms with E-state index in [-0.39, 0.29) is 48.9 Å². The number of aromatic nitrogens is 2. The second-order valence-corrected chi connectivity index (χ2v) is 11.6. The average Bonchev–Trinajstić information content (AvgIpc) is 3.11. The molecule has 1 aliphatic heterocycles. The monoisotopic (exact) mass is 530 g/mol. The molecule has 0 bridgehead atoms. The summed E-state index contributed by atoms with van der Waals surface area (Å²) in [5, 5.41) is 30.7. The Morgan fingerprint density at radius 2 is 1.75 bits per heavy atom. The van der Waals surface area contributed by atoms with E-state index < -0.39 is 54.5 Å². The highest BCUT2D eigenvalue weighted by Crippen LogP contribution is 2.61. The molecule has 12 heteroatoms. The van der Waals surface area contributed by atoms with Gasteiger partial charge < -0.3 is 29.9 Å². The molecular formula is C24H36FN2O8P. The fraction of sp³-hybridized carbons (Fsp3) is 0.667. The summed E-state index contributed by atoms with van der Waals surface area (Å²) in [5.41, 5.74) is -1.56. The number of rotatable bonds is 10. The van der Waals surface area contributed by atoms with Crippen LogP contribution in [0.1, 0.15) is 77.0 Å². The lowest BCUT2D eigenvalue weighted by Crippen LogP contribution is -2.42. The summed E-state index contributed by atoms with van der Waals surface area (Å²) in [4.78, 5) is 29.6. The molecule has 3 rings (SSSR count). The van der Waals surface area contributed by atoms with Gasteiger partial charge in [0.25, 0.3) is 5.56 Å². The van der Waals surface area contributed by atoms with Crippen LogP contribution in [0.5, 0.6) is 0 Å². The fourth-order valence-electron chi connectivity index (χ4n) is 4.69. The molecule has 1 fully saturated rings. The van der Waals surface area contributed by atoms with Crippen LogP contribution in [0.3, 0.4) is 0 Å². The fourth-order valence-corrected chi connectivity index (χ4v) is 6.52. The number of aryl methyl sites for hydroxylation is 1. The lowest BCUT2D eigenvalue weighted by atomic mass is 9.88. The predicted molar refractivity (Wildman–Crippen MR) is 131 cm³/mol. The van der Waals surface area contributed by atoms with Crippen molar-refractivity contribution in [3.05, 3.63) is 39.6 Å². The molecule has 3 heterocycles. The second-order valence-electron chi connectivity index (χ2n) is 9.56. The van der Waals surface area contributed by atoms with E-state index in [4.69, 9.17) is 9.26 Å². The van der Waals surface area contributed by atoms with Crippen LogP contribution in [0, 0.1) is 12.9 Å². The summed E-state index contributed by atoms with van der Waals surface area (Å²) in [7, 11) is -4.52. The number of nitrogens with one attached hydrogen (secondary N) is 1. The van der Waals surface area contributed by atoms with Gasteiger partial charge in [0.2, 0.25) is 5.95 Å². The van der Waals surface area contributed by atoms with Crippen molar-refractivity contribution in [2.45, 2.75) is 102 Å². The summed E-state index contributed by atoms with van der Waals surface area (Å²) in [6.45, 7) is 8.20. The van der Waals surface area contributed by atoms with Crippen LogP contribution >= 0.6 is 7.60 Å². The van der Waals surface area contributed by atoms with E-state index in [1.165, 1.54) is 19.1 Å². The first kappa shape index (κ1) is 28.8. The molecule has 0 saturated carbocycles. The Balaban J connectivity index is 1.92. The number of hydrogen-bond acceptors (Lipinski definition) is 8. The molecule has 0 radical (unpaired) electrons. The first-order chi connectivity index (χ1) is 16.8. The first-order valence-electron chi connectivity index (χ1n) is 12.2. The Hall–Kier alpha value is -1.72. The minimum absolute atomic E-state index is 0.00704. The van der Waals surface area contributed by atoms with Crippen LogP contribution < -0.4 is 5.56 Å². The molecule has 2 aromatic rings. The van der Waals surface area contributed by atoms with E-state index in [1.807, 2.05) is 0 Å². The van der Waals surface area contributed by atoms with Crippen LogP contribution in [-0.2, 0) is 13.8 Å². The van der Waals surface area contributed by atoms with E-state index in [0.29, 0.717) is 5.39 Å². The van der Waals surface area contributed by atoms with Crippen LogP contribution in [0.15, 0.2) is 16.9 Å². The zero-order chi connectivity index (χ0) is 27.1. The Morgan fingerprint density at radius 3 is 2.31 bits per heavy atom. The molecule has 5 atom stereocenters. The van der Waals surface area contributed by atoms with E-state index in [2.05, 4.69) is 9.97 Å². The lowest BCUT2D eigenvalue weighted by molar-refractivity contribution is -0.0631. The minimum Gasteiger partial charge on any atom is -0.388 e. The zero-order valence-electron chi connectivity index (χ0n) is 21.2. The summed E-state index contributed by atoms with van der Waals surface area (Å²) in [5.74, 6) is -0.715. The zero-order valence-corrected chi connectivity index (χ0v) is 22.1. The number of aliphatic hydroxyl groups excluding tert-OH is 2. The van der Waals surface area contributed by atoms with Crippen molar-refractivity contribution in [2.24, 2.45) is 0 Å². The van der Waals surface area contributed by atoms with Gasteiger partial charge >= 0.3 is 7.60 Å². The Bertz CT molecular complexity index is 1200. The van der Waals surface area contributed by atoms with Gasteiger partial charge in [-0.05, 0) is 44.7 Å². The maximum Gasteiger partial charge on any atom is 0.359 e. The Labute approximate surface area is 209 Å². The molecule has 5 N–H and O–H groups in total. The Morgan fingerprint density at radius 1 is 1.14 bits per heavy atom. The number of hydrogen-bond donors (Lipinski definition) is 5. The highest BCUT2D eigenvalue weighted by atomic mass is 31.2. The van der Waals surface area contributed by atoms with Crippen LogP contribution in [0.2, 0.25) is 0 Å². The van der Waals surface area contributed by atoms with Crippen LogP contribution in [0.25, 0.3) is 11.0 Å². The number of nitrogens with zero attached hydrogens (tertiary/aromatic N) is 1. The van der Waals surface area contributed by atoms with Gasteiger partial charge in [-0.3, -0.25) is 13.9 Å². The van der Waals surface area contributed by atoms with E-state index >= 15 is 0 Å². The van der Waals surface area contributed by atoms with E-state index in [9.17, 15) is 34.0 Å². The molecule has 1 saturated heterocycles. The van der Waals surface area contributed by atoms with Crippen LogP contribution in [0.4, 0.5) is 4.39 Å². The molecule has 0 amide bonds. The number of pyridine rings is 2. The van der Waals surface area contributed by atoms with Gasteiger partial charge in [-0.25, -0.2) is 4.98 Å². The van der Waals surface area contributed by atoms with Gasteiger partial charge in [0.1, 0.15) is 24.0 Å². The number of H-pyrrole nitrogens is 1. The summed E-state index contributed by atoms with van der Waals surface area (Å²) < 4.78 is 38.6. The molecule has 36 heavy (non-hydrogen) atoms. The average molecular weight is 531 g/mol. The number of fused-ring (bicyclic) bond motifs is 1. The summed E-state index contributed by atoms with van der Waals surface area (Å²) in [6, 6.07) is 2.94. The standard InChI is InChI=1S/C24H36FN2O8P/c1-6-23(7-2,35-36(32,33)24(31,8-3)9-4)12-16-17(28)18(29)19(34-16)15-11-14-10-13(5)20(25)26-21(14)27-22(15)30/h10-11,16-19,28-29,31H,6-9,12H2,1-5H3,(H,32,33)(H,26,27,30). The second kappa shape index (κ2) is 10.6. The summed E-state index contributed by atoms with van der Waals surface area (Å²) >= 11 is 0. The van der Waals surface area contributed by atoms with Crippen molar-refractivity contribution in [1.82, 2.24) is 9.97 Å². The van der Waals surface area contributed by atoms with Crippen molar-refractivity contribution in [1.29, 1.82) is 0 Å². The van der Waals surface area contributed by atoms with E-state index in [1.54, 1.807) is 27.7 Å². The minimum atomic E-state index is -4.52. The maximum absolute atomic E-state index is 13.8. The van der Waals surface area contributed by atoms with Crippen LogP contribution in [-0.4, -0.2) is 59.4 Å². The number of aromatic amines is 1. The molecular weight excluding hydrogens is 494 g/mol. The largest absolute Gasteiger partial charge is 0.388 e. The molecule has 10 nitrogen and oxygen atoms in total. The smallest absolute Gasteiger partial charge is 0.359 e. The number of halogens is 1.